The summed E-state index contributed by atoms with van der Waals surface area (Å²) in [6.45, 7) is 4.24. The third kappa shape index (κ3) is 3.62. The summed E-state index contributed by atoms with van der Waals surface area (Å²) in [7, 11) is 0. The molecule has 2 aromatic carbocycles. The Balaban J connectivity index is 1.39. The van der Waals surface area contributed by atoms with Gasteiger partial charge in [-0.1, -0.05) is 48.5 Å². The number of carbonyl (C=O) groups excluding carboxylic acids is 1. The summed E-state index contributed by atoms with van der Waals surface area (Å²) >= 11 is 0. The fourth-order valence-corrected chi connectivity index (χ4v) is 4.30. The standard InChI is InChI=1S/C22H26N2O/c25-22(18-8-3-1-4-9-18)19-10-7-14-23(16-19)21-13-15-24(17-21)20-11-5-2-6-12-20/h1-6,8-9,11-12,19,21H,7,10,13-17H2. The second kappa shape index (κ2) is 7.40. The van der Waals surface area contributed by atoms with Crippen LogP contribution in [0.1, 0.15) is 29.6 Å². The molecule has 2 aliphatic heterocycles. The van der Waals surface area contributed by atoms with Crippen molar-refractivity contribution < 1.29 is 4.79 Å². The van der Waals surface area contributed by atoms with E-state index in [4.69, 9.17) is 0 Å². The number of Topliss-reactive ketones (excluding diaryl/α,β-unsaturated/α-hetero) is 1. The van der Waals surface area contributed by atoms with Crippen LogP contribution in [0.2, 0.25) is 0 Å². The molecule has 0 aliphatic carbocycles. The molecule has 0 saturated carbocycles. The van der Waals surface area contributed by atoms with Gasteiger partial charge in [0.05, 0.1) is 0 Å². The van der Waals surface area contributed by atoms with E-state index in [0.29, 0.717) is 11.8 Å². The number of likely N-dealkylation sites (tertiary alicyclic amines) is 1. The first-order chi connectivity index (χ1) is 12.3. The van der Waals surface area contributed by atoms with Crippen molar-refractivity contribution in [1.82, 2.24) is 4.90 Å². The smallest absolute Gasteiger partial charge is 0.167 e. The lowest BCUT2D eigenvalue weighted by atomic mass is 9.89. The highest BCUT2D eigenvalue weighted by Crippen LogP contribution is 2.27. The number of nitrogens with zero attached hydrogens (tertiary/aromatic N) is 2. The maximum atomic E-state index is 12.8. The second-order valence-electron chi connectivity index (χ2n) is 7.29. The van der Waals surface area contributed by atoms with Gasteiger partial charge in [0.25, 0.3) is 0 Å². The van der Waals surface area contributed by atoms with Gasteiger partial charge in [-0.3, -0.25) is 9.69 Å². The van der Waals surface area contributed by atoms with Crippen molar-refractivity contribution >= 4 is 11.5 Å². The molecule has 2 heterocycles. The third-order valence-electron chi connectivity index (χ3n) is 5.68. The van der Waals surface area contributed by atoms with E-state index in [1.807, 2.05) is 30.3 Å². The molecule has 0 amide bonds. The summed E-state index contributed by atoms with van der Waals surface area (Å²) in [5, 5.41) is 0. The molecule has 0 bridgehead atoms. The van der Waals surface area contributed by atoms with E-state index in [0.717, 1.165) is 44.6 Å². The highest BCUT2D eigenvalue weighted by atomic mass is 16.1. The lowest BCUT2D eigenvalue weighted by molar-refractivity contribution is 0.0770. The molecule has 25 heavy (non-hydrogen) atoms. The van der Waals surface area contributed by atoms with Crippen LogP contribution in [0, 0.1) is 5.92 Å². The molecule has 0 spiro atoms. The summed E-state index contributed by atoms with van der Waals surface area (Å²) in [5.74, 6) is 0.477. The number of rotatable bonds is 4. The van der Waals surface area contributed by atoms with E-state index >= 15 is 0 Å². The molecule has 4 rings (SSSR count). The molecule has 2 fully saturated rings. The Kier molecular flexibility index (Phi) is 4.84. The molecule has 3 heteroatoms. The van der Waals surface area contributed by atoms with Gasteiger partial charge in [-0.25, -0.2) is 0 Å². The van der Waals surface area contributed by atoms with Gasteiger partial charge in [0.15, 0.2) is 5.78 Å². The first kappa shape index (κ1) is 16.3. The Morgan fingerprint density at radius 3 is 2.32 bits per heavy atom. The largest absolute Gasteiger partial charge is 0.370 e. The van der Waals surface area contributed by atoms with Crippen LogP contribution in [-0.2, 0) is 0 Å². The fourth-order valence-electron chi connectivity index (χ4n) is 4.30. The van der Waals surface area contributed by atoms with Crippen molar-refractivity contribution in [2.75, 3.05) is 31.1 Å². The van der Waals surface area contributed by atoms with Crippen LogP contribution in [0.3, 0.4) is 0 Å². The maximum absolute atomic E-state index is 12.8. The predicted molar refractivity (Wildman–Crippen MR) is 102 cm³/mol. The molecule has 2 aromatic rings. The van der Waals surface area contributed by atoms with Gasteiger partial charge >= 0.3 is 0 Å². The molecule has 0 radical (unpaired) electrons. The van der Waals surface area contributed by atoms with Gasteiger partial charge in [0.2, 0.25) is 0 Å². The summed E-state index contributed by atoms with van der Waals surface area (Å²) in [6.07, 6.45) is 3.35. The molecule has 0 aromatic heterocycles. The number of benzene rings is 2. The van der Waals surface area contributed by atoms with Crippen LogP contribution in [0.25, 0.3) is 0 Å². The number of anilines is 1. The first-order valence-corrected chi connectivity index (χ1v) is 9.44. The highest BCUT2D eigenvalue weighted by molar-refractivity contribution is 5.98. The van der Waals surface area contributed by atoms with E-state index in [1.54, 1.807) is 0 Å². The van der Waals surface area contributed by atoms with E-state index in [-0.39, 0.29) is 5.92 Å². The molecule has 130 valence electrons. The molecule has 0 N–H and O–H groups in total. The monoisotopic (exact) mass is 334 g/mol. The lowest BCUT2D eigenvalue weighted by Crippen LogP contribution is -2.45. The number of hydrogen-bond donors (Lipinski definition) is 0. The Morgan fingerprint density at radius 1 is 0.840 bits per heavy atom. The van der Waals surface area contributed by atoms with Gasteiger partial charge < -0.3 is 4.90 Å². The summed E-state index contributed by atoms with van der Waals surface area (Å²) in [5.41, 5.74) is 2.19. The van der Waals surface area contributed by atoms with E-state index in [9.17, 15) is 4.79 Å². The average molecular weight is 334 g/mol. The van der Waals surface area contributed by atoms with Crippen LogP contribution >= 0.6 is 0 Å². The lowest BCUT2D eigenvalue weighted by Gasteiger charge is -2.36. The van der Waals surface area contributed by atoms with Crippen LogP contribution < -0.4 is 4.90 Å². The minimum absolute atomic E-state index is 0.155. The summed E-state index contributed by atoms with van der Waals surface area (Å²) in [4.78, 5) is 17.9. The third-order valence-corrected chi connectivity index (χ3v) is 5.68. The van der Waals surface area contributed by atoms with Crippen molar-refractivity contribution in [3.63, 3.8) is 0 Å². The minimum Gasteiger partial charge on any atom is -0.370 e. The van der Waals surface area contributed by atoms with Crippen LogP contribution in [0.15, 0.2) is 60.7 Å². The van der Waals surface area contributed by atoms with E-state index in [2.05, 4.69) is 40.1 Å². The first-order valence-electron chi connectivity index (χ1n) is 9.44. The van der Waals surface area contributed by atoms with Gasteiger partial charge in [-0.15, -0.1) is 0 Å². The Hall–Kier alpha value is -2.13. The molecular formula is C22H26N2O. The Morgan fingerprint density at radius 2 is 1.56 bits per heavy atom. The van der Waals surface area contributed by atoms with Gasteiger partial charge in [-0.2, -0.15) is 0 Å². The van der Waals surface area contributed by atoms with Crippen LogP contribution in [0.5, 0.6) is 0 Å². The van der Waals surface area contributed by atoms with Crippen molar-refractivity contribution in [2.24, 2.45) is 5.92 Å². The van der Waals surface area contributed by atoms with Crippen molar-refractivity contribution in [3.05, 3.63) is 66.2 Å². The summed E-state index contributed by atoms with van der Waals surface area (Å²) < 4.78 is 0. The number of para-hydroxylation sites is 1. The van der Waals surface area contributed by atoms with Gasteiger partial charge in [0.1, 0.15) is 0 Å². The number of hydrogen-bond acceptors (Lipinski definition) is 3. The van der Waals surface area contributed by atoms with Crippen molar-refractivity contribution in [3.8, 4) is 0 Å². The van der Waals surface area contributed by atoms with Gasteiger partial charge in [0, 0.05) is 42.8 Å². The zero-order valence-electron chi connectivity index (χ0n) is 14.7. The number of ketones is 1. The quantitative estimate of drug-likeness (QED) is 0.793. The molecule has 2 atom stereocenters. The Labute approximate surface area is 150 Å². The molecule has 3 nitrogen and oxygen atoms in total. The van der Waals surface area contributed by atoms with E-state index < -0.39 is 0 Å². The highest BCUT2D eigenvalue weighted by Gasteiger charge is 2.33. The number of carbonyl (C=O) groups is 1. The topological polar surface area (TPSA) is 23.6 Å². The zero-order valence-corrected chi connectivity index (χ0v) is 14.7. The molecule has 2 saturated heterocycles. The Bertz CT molecular complexity index is 700. The van der Waals surface area contributed by atoms with Gasteiger partial charge in [-0.05, 0) is 37.9 Å². The average Bonchev–Trinajstić information content (AvgIpc) is 3.19. The minimum atomic E-state index is 0.155. The van der Waals surface area contributed by atoms with Crippen LogP contribution in [-0.4, -0.2) is 42.9 Å². The maximum Gasteiger partial charge on any atom is 0.167 e. The number of piperidine rings is 1. The second-order valence-corrected chi connectivity index (χ2v) is 7.29. The van der Waals surface area contributed by atoms with E-state index in [1.165, 1.54) is 12.1 Å². The van der Waals surface area contributed by atoms with Crippen molar-refractivity contribution in [1.29, 1.82) is 0 Å². The zero-order chi connectivity index (χ0) is 17.1. The molecule has 2 aliphatic rings. The van der Waals surface area contributed by atoms with Crippen LogP contribution in [0.4, 0.5) is 5.69 Å². The van der Waals surface area contributed by atoms with Crippen molar-refractivity contribution in [2.45, 2.75) is 25.3 Å². The normalized spacial score (nSPS) is 24.4. The SMILES string of the molecule is O=C(c1ccccc1)C1CCCN(C2CCN(c3ccccc3)C2)C1. The fraction of sp³-hybridized carbons (Fsp3) is 0.409. The summed E-state index contributed by atoms with van der Waals surface area (Å²) in [6, 6.07) is 21.1. The predicted octanol–water partition coefficient (Wildman–Crippen LogP) is 3.86. The molecule has 2 unspecified atom stereocenters. The molecular weight excluding hydrogens is 308 g/mol.